The van der Waals surface area contributed by atoms with Gasteiger partial charge in [-0.1, -0.05) is 0 Å². The lowest BCUT2D eigenvalue weighted by Crippen LogP contribution is -2.41. The van der Waals surface area contributed by atoms with Crippen LogP contribution in [0.15, 0.2) is 18.5 Å². The van der Waals surface area contributed by atoms with Crippen molar-refractivity contribution in [2.24, 2.45) is 0 Å². The Morgan fingerprint density at radius 1 is 1.05 bits per heavy atom. The van der Waals surface area contributed by atoms with Crippen molar-refractivity contribution in [3.63, 3.8) is 0 Å². The fourth-order valence-electron chi connectivity index (χ4n) is 2.06. The van der Waals surface area contributed by atoms with Gasteiger partial charge in [-0.3, -0.25) is 10.2 Å². The van der Waals surface area contributed by atoms with E-state index >= 15 is 0 Å². The van der Waals surface area contributed by atoms with Crippen LogP contribution in [0.4, 0.5) is 0 Å². The maximum Gasteiger partial charge on any atom is 0.498 e. The van der Waals surface area contributed by atoms with Crippen LogP contribution in [0.5, 0.6) is 0 Å². The smallest absolute Gasteiger partial charge is 0.399 e. The van der Waals surface area contributed by atoms with Gasteiger partial charge in [0.15, 0.2) is 0 Å². The first-order valence-electron chi connectivity index (χ1n) is 6.29. The van der Waals surface area contributed by atoms with Crippen LogP contribution in [0.3, 0.4) is 0 Å². The van der Waals surface area contributed by atoms with E-state index in [0.29, 0.717) is 0 Å². The monoisotopic (exact) mass is 260 g/mol. The molecule has 7 heteroatoms. The summed E-state index contributed by atoms with van der Waals surface area (Å²) in [4.78, 5) is 0. The Labute approximate surface area is 112 Å². The topological polar surface area (TPSA) is 75.8 Å². The SMILES string of the molecule is CC1(C)OB(c2cn[nH]c2-c2ccn[nH]2)OC1(C)C. The predicted molar refractivity (Wildman–Crippen MR) is 71.9 cm³/mol. The molecule has 1 fully saturated rings. The second-order valence-corrected chi connectivity index (χ2v) is 5.76. The Bertz CT molecular complexity index is 560. The molecule has 1 aliphatic rings. The lowest BCUT2D eigenvalue weighted by Gasteiger charge is -2.32. The van der Waals surface area contributed by atoms with Gasteiger partial charge in [0.1, 0.15) is 0 Å². The van der Waals surface area contributed by atoms with E-state index in [0.717, 1.165) is 16.9 Å². The van der Waals surface area contributed by atoms with Gasteiger partial charge in [0.2, 0.25) is 0 Å². The molecule has 2 N–H and O–H groups in total. The molecule has 3 heterocycles. The fourth-order valence-corrected chi connectivity index (χ4v) is 2.06. The normalized spacial score (nSPS) is 20.9. The van der Waals surface area contributed by atoms with Crippen molar-refractivity contribution in [1.82, 2.24) is 20.4 Å². The first kappa shape index (κ1) is 12.4. The third-order valence-corrected chi connectivity index (χ3v) is 3.95. The molecule has 2 aromatic heterocycles. The number of H-pyrrole nitrogens is 2. The predicted octanol–water partition coefficient (Wildman–Crippen LogP) is 1.10. The Balaban J connectivity index is 1.96. The Morgan fingerprint density at radius 2 is 1.74 bits per heavy atom. The third kappa shape index (κ3) is 1.89. The molecule has 0 radical (unpaired) electrons. The zero-order valence-electron chi connectivity index (χ0n) is 11.5. The van der Waals surface area contributed by atoms with Gasteiger partial charge in [0, 0.05) is 17.9 Å². The molecule has 100 valence electrons. The van der Waals surface area contributed by atoms with Crippen LogP contribution in [0.25, 0.3) is 11.4 Å². The van der Waals surface area contributed by atoms with Crippen LogP contribution in [0.1, 0.15) is 27.7 Å². The number of nitrogens with one attached hydrogen (secondary N) is 2. The van der Waals surface area contributed by atoms with Gasteiger partial charge in [-0.15, -0.1) is 0 Å². The summed E-state index contributed by atoms with van der Waals surface area (Å²) in [5, 5.41) is 13.9. The van der Waals surface area contributed by atoms with E-state index < -0.39 is 7.12 Å². The van der Waals surface area contributed by atoms with Gasteiger partial charge in [-0.25, -0.2) is 0 Å². The molecule has 0 aromatic carbocycles. The van der Waals surface area contributed by atoms with Crippen LogP contribution in [-0.2, 0) is 9.31 Å². The van der Waals surface area contributed by atoms with Gasteiger partial charge in [0.25, 0.3) is 0 Å². The number of hydrogen-bond donors (Lipinski definition) is 2. The van der Waals surface area contributed by atoms with E-state index in [-0.39, 0.29) is 11.2 Å². The first-order valence-corrected chi connectivity index (χ1v) is 6.29. The van der Waals surface area contributed by atoms with Crippen LogP contribution in [0, 0.1) is 0 Å². The van der Waals surface area contributed by atoms with Gasteiger partial charge in [-0.05, 0) is 33.8 Å². The molecule has 6 nitrogen and oxygen atoms in total. The van der Waals surface area contributed by atoms with E-state index in [1.807, 2.05) is 33.8 Å². The standard InChI is InChI=1S/C12H17BN4O2/c1-11(2)12(3,4)19-13(18-11)8-7-15-17-10(8)9-5-6-14-16-9/h5-7H,1-4H3,(H,14,16)(H,15,17). The summed E-state index contributed by atoms with van der Waals surface area (Å²) in [6, 6.07) is 1.88. The number of nitrogens with zero attached hydrogens (tertiary/aromatic N) is 2. The van der Waals surface area contributed by atoms with E-state index in [4.69, 9.17) is 9.31 Å². The minimum absolute atomic E-state index is 0.361. The van der Waals surface area contributed by atoms with Crippen molar-refractivity contribution < 1.29 is 9.31 Å². The van der Waals surface area contributed by atoms with E-state index in [1.54, 1.807) is 12.4 Å². The summed E-state index contributed by atoms with van der Waals surface area (Å²) in [7, 11) is -0.429. The molecule has 0 saturated carbocycles. The molecular weight excluding hydrogens is 243 g/mol. The zero-order chi connectivity index (χ0) is 13.7. The second kappa shape index (κ2) is 3.95. The molecule has 0 spiro atoms. The number of hydrogen-bond acceptors (Lipinski definition) is 4. The molecule has 1 aliphatic heterocycles. The molecule has 0 unspecified atom stereocenters. The zero-order valence-corrected chi connectivity index (χ0v) is 11.5. The summed E-state index contributed by atoms with van der Waals surface area (Å²) < 4.78 is 12.1. The summed E-state index contributed by atoms with van der Waals surface area (Å²) >= 11 is 0. The van der Waals surface area contributed by atoms with Crippen molar-refractivity contribution in [2.75, 3.05) is 0 Å². The number of aromatic amines is 2. The molecule has 3 rings (SSSR count). The molecule has 0 bridgehead atoms. The van der Waals surface area contributed by atoms with E-state index in [1.165, 1.54) is 0 Å². The Kier molecular flexibility index (Phi) is 2.58. The van der Waals surface area contributed by atoms with Gasteiger partial charge in [-0.2, -0.15) is 10.2 Å². The van der Waals surface area contributed by atoms with Crippen LogP contribution in [0.2, 0.25) is 0 Å². The fraction of sp³-hybridized carbons (Fsp3) is 0.500. The lowest BCUT2D eigenvalue weighted by molar-refractivity contribution is 0.00578. The second-order valence-electron chi connectivity index (χ2n) is 5.76. The van der Waals surface area contributed by atoms with Gasteiger partial charge >= 0.3 is 7.12 Å². The molecular formula is C12H17BN4O2. The number of aromatic nitrogens is 4. The third-order valence-electron chi connectivity index (χ3n) is 3.95. The van der Waals surface area contributed by atoms with Gasteiger partial charge in [0.05, 0.1) is 22.6 Å². The van der Waals surface area contributed by atoms with Crippen molar-refractivity contribution in [1.29, 1.82) is 0 Å². The van der Waals surface area contributed by atoms with Crippen LogP contribution >= 0.6 is 0 Å². The maximum atomic E-state index is 6.03. The highest BCUT2D eigenvalue weighted by Gasteiger charge is 2.52. The summed E-state index contributed by atoms with van der Waals surface area (Å²) in [6.45, 7) is 8.12. The number of rotatable bonds is 2. The van der Waals surface area contributed by atoms with Crippen molar-refractivity contribution in [3.8, 4) is 11.4 Å². The highest BCUT2D eigenvalue weighted by Crippen LogP contribution is 2.36. The lowest BCUT2D eigenvalue weighted by atomic mass is 9.79. The van der Waals surface area contributed by atoms with Crippen molar-refractivity contribution in [2.45, 2.75) is 38.9 Å². The average Bonchev–Trinajstić information content (AvgIpc) is 3.00. The molecule has 19 heavy (non-hydrogen) atoms. The van der Waals surface area contributed by atoms with Crippen molar-refractivity contribution in [3.05, 3.63) is 18.5 Å². The van der Waals surface area contributed by atoms with Crippen LogP contribution in [-0.4, -0.2) is 38.7 Å². The molecule has 2 aromatic rings. The molecule has 0 amide bonds. The Morgan fingerprint density at radius 3 is 2.32 bits per heavy atom. The first-order chi connectivity index (χ1) is 8.91. The molecule has 0 atom stereocenters. The Hall–Kier alpha value is -1.60. The van der Waals surface area contributed by atoms with E-state index in [2.05, 4.69) is 20.4 Å². The highest BCUT2D eigenvalue weighted by atomic mass is 16.7. The molecule has 0 aliphatic carbocycles. The minimum atomic E-state index is -0.429. The summed E-state index contributed by atoms with van der Waals surface area (Å²) in [6.07, 6.45) is 3.43. The average molecular weight is 260 g/mol. The maximum absolute atomic E-state index is 6.03. The summed E-state index contributed by atoms with van der Waals surface area (Å²) in [5.74, 6) is 0. The minimum Gasteiger partial charge on any atom is -0.399 e. The summed E-state index contributed by atoms with van der Waals surface area (Å²) in [5.41, 5.74) is 1.86. The van der Waals surface area contributed by atoms with Crippen LogP contribution < -0.4 is 5.46 Å². The molecule has 1 saturated heterocycles. The van der Waals surface area contributed by atoms with E-state index in [9.17, 15) is 0 Å². The largest absolute Gasteiger partial charge is 0.498 e. The van der Waals surface area contributed by atoms with Gasteiger partial charge < -0.3 is 9.31 Å². The highest BCUT2D eigenvalue weighted by molar-refractivity contribution is 6.63. The van der Waals surface area contributed by atoms with Crippen molar-refractivity contribution >= 4 is 12.6 Å². The quantitative estimate of drug-likeness (QED) is 0.793.